The fraction of sp³-hybridized carbons (Fsp3) is 0.500. The Hall–Kier alpha value is -2.55. The Morgan fingerprint density at radius 1 is 1.22 bits per heavy atom. The summed E-state index contributed by atoms with van der Waals surface area (Å²) >= 11 is 0. The molecule has 0 radical (unpaired) electrons. The highest BCUT2D eigenvalue weighted by molar-refractivity contribution is 5.93. The van der Waals surface area contributed by atoms with E-state index in [0.29, 0.717) is 42.2 Å². The highest BCUT2D eigenvalue weighted by Crippen LogP contribution is 2.23. The van der Waals surface area contributed by atoms with E-state index in [1.807, 2.05) is 4.90 Å². The maximum atomic E-state index is 12.9. The van der Waals surface area contributed by atoms with Gasteiger partial charge in [0.25, 0.3) is 5.91 Å². The number of nitrogens with one attached hydrogen (secondary N) is 1. The third kappa shape index (κ3) is 3.64. The van der Waals surface area contributed by atoms with Crippen LogP contribution in [-0.4, -0.2) is 57.6 Å². The van der Waals surface area contributed by atoms with Crippen LogP contribution in [0, 0.1) is 6.92 Å². The van der Waals surface area contributed by atoms with Crippen molar-refractivity contribution in [1.29, 1.82) is 0 Å². The molecule has 2 aliphatic rings. The summed E-state index contributed by atoms with van der Waals surface area (Å²) in [6, 6.07) is 6.91. The molecule has 9 heteroatoms. The summed E-state index contributed by atoms with van der Waals surface area (Å²) < 4.78 is 30.4. The molecule has 1 N–H and O–H groups in total. The van der Waals surface area contributed by atoms with E-state index in [0.717, 1.165) is 12.8 Å². The summed E-state index contributed by atoms with van der Waals surface area (Å²) in [7, 11) is 0. The van der Waals surface area contributed by atoms with Crippen molar-refractivity contribution in [3.63, 3.8) is 0 Å². The van der Waals surface area contributed by atoms with E-state index in [1.54, 1.807) is 19.1 Å². The van der Waals surface area contributed by atoms with E-state index in [9.17, 15) is 13.6 Å². The number of carbonyl (C=O) groups is 1. The number of likely N-dealkylation sites (tertiary alicyclic amines) is 1. The normalized spacial score (nSPS) is 22.1. The highest BCUT2D eigenvalue weighted by Gasteiger charge is 2.33. The van der Waals surface area contributed by atoms with Crippen LogP contribution in [0.15, 0.2) is 24.3 Å². The second-order valence-corrected chi connectivity index (χ2v) is 6.99. The number of hydrogen-bond donors (Lipinski definition) is 1. The van der Waals surface area contributed by atoms with Crippen LogP contribution >= 0.6 is 0 Å². The van der Waals surface area contributed by atoms with Crippen molar-refractivity contribution in [3.8, 4) is 11.4 Å². The quantitative estimate of drug-likeness (QED) is 0.884. The van der Waals surface area contributed by atoms with Crippen LogP contribution in [0.25, 0.3) is 5.69 Å². The molecule has 0 aliphatic carbocycles. The summed E-state index contributed by atoms with van der Waals surface area (Å²) in [5.41, 5.74) is 1.56. The van der Waals surface area contributed by atoms with Crippen molar-refractivity contribution in [1.82, 2.24) is 25.2 Å². The largest absolute Gasteiger partial charge is 0.435 e. The number of ether oxygens (including phenoxy) is 1. The summed E-state index contributed by atoms with van der Waals surface area (Å²) in [4.78, 5) is 14.8. The number of aromatic nitrogens is 3. The molecule has 144 valence electrons. The Labute approximate surface area is 155 Å². The van der Waals surface area contributed by atoms with Gasteiger partial charge in [0.05, 0.1) is 11.4 Å². The second kappa shape index (κ2) is 7.22. The molecule has 0 saturated carbocycles. The third-order valence-corrected chi connectivity index (χ3v) is 5.21. The number of nitrogens with zero attached hydrogens (tertiary/aromatic N) is 4. The summed E-state index contributed by atoms with van der Waals surface area (Å²) in [6.45, 7) is 0.297. The highest BCUT2D eigenvalue weighted by atomic mass is 19.3. The van der Waals surface area contributed by atoms with Gasteiger partial charge in [0.1, 0.15) is 5.75 Å². The second-order valence-electron chi connectivity index (χ2n) is 6.99. The number of benzene rings is 1. The van der Waals surface area contributed by atoms with E-state index in [-0.39, 0.29) is 11.7 Å². The van der Waals surface area contributed by atoms with Gasteiger partial charge in [-0.3, -0.25) is 4.79 Å². The van der Waals surface area contributed by atoms with Crippen LogP contribution in [0.1, 0.15) is 35.4 Å². The molecular weight excluding hydrogens is 356 g/mol. The zero-order valence-corrected chi connectivity index (χ0v) is 14.9. The molecule has 1 aromatic carbocycles. The number of hydrogen-bond acceptors (Lipinski definition) is 5. The van der Waals surface area contributed by atoms with Gasteiger partial charge in [-0.1, -0.05) is 5.21 Å². The van der Waals surface area contributed by atoms with Crippen molar-refractivity contribution < 1.29 is 18.3 Å². The minimum absolute atomic E-state index is 0.0648. The molecule has 2 atom stereocenters. The van der Waals surface area contributed by atoms with Gasteiger partial charge in [-0.25, -0.2) is 4.68 Å². The molecule has 1 amide bonds. The van der Waals surface area contributed by atoms with E-state index in [1.165, 1.54) is 23.2 Å². The Bertz CT molecular complexity index is 824. The molecule has 7 nitrogen and oxygen atoms in total. The van der Waals surface area contributed by atoms with E-state index >= 15 is 0 Å². The number of amides is 1. The van der Waals surface area contributed by atoms with Crippen molar-refractivity contribution in [2.24, 2.45) is 0 Å². The Balaban J connectivity index is 1.52. The van der Waals surface area contributed by atoms with Crippen LogP contribution in [0.5, 0.6) is 5.75 Å². The fourth-order valence-corrected chi connectivity index (χ4v) is 3.82. The Morgan fingerprint density at radius 2 is 1.96 bits per heavy atom. The molecule has 2 bridgehead atoms. The average Bonchev–Trinajstić information content (AvgIpc) is 3.17. The van der Waals surface area contributed by atoms with Gasteiger partial charge in [0, 0.05) is 25.2 Å². The molecule has 27 heavy (non-hydrogen) atoms. The SMILES string of the molecule is Cc1c(C(=O)N2CCC3CCC(C2)N3)nnn1-c1ccc(OC(F)F)cc1. The summed E-state index contributed by atoms with van der Waals surface area (Å²) in [5.74, 6) is -0.0549. The molecule has 2 fully saturated rings. The molecule has 3 heterocycles. The van der Waals surface area contributed by atoms with Crippen molar-refractivity contribution >= 4 is 5.91 Å². The van der Waals surface area contributed by atoms with Gasteiger partial charge in [-0.2, -0.15) is 8.78 Å². The molecular formula is C18H21F2N5O2. The van der Waals surface area contributed by atoms with E-state index < -0.39 is 6.61 Å². The molecule has 2 aliphatic heterocycles. The van der Waals surface area contributed by atoms with Gasteiger partial charge in [0.2, 0.25) is 0 Å². The van der Waals surface area contributed by atoms with Gasteiger partial charge < -0.3 is 15.0 Å². The molecule has 2 aromatic rings. The zero-order valence-electron chi connectivity index (χ0n) is 14.9. The first kappa shape index (κ1) is 17.8. The van der Waals surface area contributed by atoms with Crippen molar-refractivity contribution in [2.75, 3.05) is 13.1 Å². The lowest BCUT2D eigenvalue weighted by Crippen LogP contribution is -2.39. The third-order valence-electron chi connectivity index (χ3n) is 5.21. The van der Waals surface area contributed by atoms with Gasteiger partial charge in [-0.05, 0) is 50.5 Å². The first-order chi connectivity index (χ1) is 13.0. The summed E-state index contributed by atoms with van der Waals surface area (Å²) in [6.07, 6.45) is 3.21. The van der Waals surface area contributed by atoms with Gasteiger partial charge in [0.15, 0.2) is 5.69 Å². The molecule has 4 rings (SSSR count). The first-order valence-corrected chi connectivity index (χ1v) is 9.04. The topological polar surface area (TPSA) is 72.3 Å². The average molecular weight is 377 g/mol. The van der Waals surface area contributed by atoms with Crippen LogP contribution in [0.2, 0.25) is 0 Å². The molecule has 1 aromatic heterocycles. The minimum Gasteiger partial charge on any atom is -0.435 e. The standard InChI is InChI=1S/C18H21F2N5O2/c1-11-16(17(26)24-9-8-12-2-3-13(10-24)21-12)22-23-25(11)14-4-6-15(7-5-14)27-18(19)20/h4-7,12-13,18,21H,2-3,8-10H2,1H3. The minimum atomic E-state index is -2.87. The van der Waals surface area contributed by atoms with Crippen LogP contribution in [0.4, 0.5) is 8.78 Å². The van der Waals surface area contributed by atoms with E-state index in [4.69, 9.17) is 0 Å². The maximum absolute atomic E-state index is 12.9. The number of halogens is 2. The van der Waals surface area contributed by atoms with Gasteiger partial charge >= 0.3 is 6.61 Å². The van der Waals surface area contributed by atoms with Crippen molar-refractivity contribution in [2.45, 2.75) is 44.9 Å². The number of alkyl halides is 2. The smallest absolute Gasteiger partial charge is 0.387 e. The van der Waals surface area contributed by atoms with Crippen molar-refractivity contribution in [3.05, 3.63) is 35.7 Å². The Kier molecular flexibility index (Phi) is 4.77. The van der Waals surface area contributed by atoms with Gasteiger partial charge in [-0.15, -0.1) is 5.10 Å². The van der Waals surface area contributed by atoms with Crippen LogP contribution in [0.3, 0.4) is 0 Å². The lowest BCUT2D eigenvalue weighted by Gasteiger charge is -2.23. The van der Waals surface area contributed by atoms with Crippen LogP contribution < -0.4 is 10.1 Å². The summed E-state index contributed by atoms with van der Waals surface area (Å²) in [5, 5.41) is 11.7. The first-order valence-electron chi connectivity index (χ1n) is 9.04. The molecule has 2 unspecified atom stereocenters. The molecule has 0 spiro atoms. The monoisotopic (exact) mass is 377 g/mol. The lowest BCUT2D eigenvalue weighted by molar-refractivity contribution is -0.0498. The number of rotatable bonds is 4. The number of fused-ring (bicyclic) bond motifs is 2. The number of carbonyl (C=O) groups excluding carboxylic acids is 1. The predicted molar refractivity (Wildman–Crippen MR) is 93.2 cm³/mol. The zero-order chi connectivity index (χ0) is 19.0. The predicted octanol–water partition coefficient (Wildman–Crippen LogP) is 2.14. The van der Waals surface area contributed by atoms with Crippen LogP contribution in [-0.2, 0) is 0 Å². The lowest BCUT2D eigenvalue weighted by atomic mass is 10.1. The Morgan fingerprint density at radius 3 is 2.70 bits per heavy atom. The van der Waals surface area contributed by atoms with E-state index in [2.05, 4.69) is 20.4 Å². The molecule has 2 saturated heterocycles. The maximum Gasteiger partial charge on any atom is 0.387 e. The fourth-order valence-electron chi connectivity index (χ4n) is 3.82.